The van der Waals surface area contributed by atoms with Gasteiger partial charge < -0.3 is 10.6 Å². The maximum absolute atomic E-state index is 14.8. The number of carbonyl (C=O) groups is 3. The van der Waals surface area contributed by atoms with Crippen molar-refractivity contribution < 1.29 is 14.4 Å². The second kappa shape index (κ2) is 8.63. The quantitative estimate of drug-likeness (QED) is 0.319. The standard InChI is InChI=1S/C32H24ClN3O3/c33-23-15-7-4-12-20(23)27(37)28-31(21-13-5-8-16-24(21)34-29(31)38)26(18-19-10-2-1-3-11-19)36-32(28)22-14-6-9-17-25(22)35-30(32)39/h1-17,26,28,36H,18H2,(H,34,38)(H,35,39)/t26-,28-,31+,32+/m0/s1. The van der Waals surface area contributed by atoms with E-state index in [1.54, 1.807) is 24.3 Å². The van der Waals surface area contributed by atoms with E-state index in [1.807, 2.05) is 78.9 Å². The molecule has 39 heavy (non-hydrogen) atoms. The molecular weight excluding hydrogens is 510 g/mol. The van der Waals surface area contributed by atoms with Gasteiger partial charge in [0.05, 0.1) is 10.9 Å². The molecule has 192 valence electrons. The van der Waals surface area contributed by atoms with E-state index in [9.17, 15) is 14.4 Å². The molecule has 0 unspecified atom stereocenters. The highest BCUT2D eigenvalue weighted by molar-refractivity contribution is 6.34. The van der Waals surface area contributed by atoms with Crippen LogP contribution in [0.2, 0.25) is 5.02 Å². The van der Waals surface area contributed by atoms with Gasteiger partial charge in [0.25, 0.3) is 0 Å². The first kappa shape index (κ1) is 23.8. The van der Waals surface area contributed by atoms with Crippen molar-refractivity contribution in [2.45, 2.75) is 23.4 Å². The van der Waals surface area contributed by atoms with Crippen LogP contribution in [0.3, 0.4) is 0 Å². The zero-order valence-electron chi connectivity index (χ0n) is 20.8. The number of fused-ring (bicyclic) bond motifs is 4. The first-order chi connectivity index (χ1) is 19.0. The molecular formula is C32H24ClN3O3. The van der Waals surface area contributed by atoms with E-state index in [2.05, 4.69) is 16.0 Å². The molecule has 2 amide bonds. The van der Waals surface area contributed by atoms with E-state index >= 15 is 0 Å². The Bertz CT molecular complexity index is 1670. The van der Waals surface area contributed by atoms with Crippen molar-refractivity contribution in [1.29, 1.82) is 0 Å². The van der Waals surface area contributed by atoms with Crippen LogP contribution in [0.25, 0.3) is 0 Å². The molecule has 3 heterocycles. The normalized spacial score (nSPS) is 26.4. The number of para-hydroxylation sites is 2. The van der Waals surface area contributed by atoms with Gasteiger partial charge in [0.15, 0.2) is 5.78 Å². The average molecular weight is 534 g/mol. The number of benzene rings is 4. The molecule has 2 spiro atoms. The third-order valence-electron chi connectivity index (χ3n) is 8.48. The Balaban J connectivity index is 1.55. The second-order valence-electron chi connectivity index (χ2n) is 10.3. The van der Waals surface area contributed by atoms with Crippen LogP contribution in [0, 0.1) is 5.92 Å². The molecule has 7 rings (SSSR count). The third-order valence-corrected chi connectivity index (χ3v) is 8.81. The minimum absolute atomic E-state index is 0.276. The predicted octanol–water partition coefficient (Wildman–Crippen LogP) is 5.09. The molecule has 0 radical (unpaired) electrons. The molecule has 0 bridgehead atoms. The summed E-state index contributed by atoms with van der Waals surface area (Å²) in [6.45, 7) is 0. The Morgan fingerprint density at radius 1 is 0.718 bits per heavy atom. The first-order valence-corrected chi connectivity index (χ1v) is 13.3. The van der Waals surface area contributed by atoms with Crippen molar-refractivity contribution in [3.05, 3.63) is 130 Å². The first-order valence-electron chi connectivity index (χ1n) is 12.9. The van der Waals surface area contributed by atoms with Crippen molar-refractivity contribution in [1.82, 2.24) is 5.32 Å². The summed E-state index contributed by atoms with van der Waals surface area (Å²) in [5.74, 6) is -2.15. The van der Waals surface area contributed by atoms with Gasteiger partial charge in [-0.05, 0) is 41.8 Å². The summed E-state index contributed by atoms with van der Waals surface area (Å²) < 4.78 is 0. The Labute approximate surface area is 230 Å². The molecule has 0 saturated carbocycles. The minimum Gasteiger partial charge on any atom is -0.325 e. The topological polar surface area (TPSA) is 87.3 Å². The van der Waals surface area contributed by atoms with Gasteiger partial charge in [-0.1, -0.05) is 90.5 Å². The van der Waals surface area contributed by atoms with E-state index in [-0.39, 0.29) is 28.2 Å². The fourth-order valence-electron chi connectivity index (χ4n) is 6.94. The van der Waals surface area contributed by atoms with Crippen molar-refractivity contribution in [2.75, 3.05) is 10.6 Å². The van der Waals surface area contributed by atoms with Gasteiger partial charge in [-0.3, -0.25) is 19.7 Å². The molecule has 3 aliphatic heterocycles. The van der Waals surface area contributed by atoms with Gasteiger partial charge in [-0.2, -0.15) is 0 Å². The Kier molecular flexibility index (Phi) is 5.27. The van der Waals surface area contributed by atoms with E-state index in [0.717, 1.165) is 5.56 Å². The van der Waals surface area contributed by atoms with Crippen LogP contribution >= 0.6 is 11.6 Å². The van der Waals surface area contributed by atoms with Gasteiger partial charge in [-0.25, -0.2) is 0 Å². The number of Topliss-reactive ketones (excluding diaryl/α,β-unsaturated/α-hetero) is 1. The van der Waals surface area contributed by atoms with Crippen LogP contribution in [0.4, 0.5) is 11.4 Å². The molecule has 3 aliphatic rings. The summed E-state index contributed by atoms with van der Waals surface area (Å²) in [4.78, 5) is 43.3. The highest BCUT2D eigenvalue weighted by Gasteiger charge is 2.75. The SMILES string of the molecule is O=C(c1ccccc1Cl)[C@H]1[C@]2(C(=O)Nc3ccccc32)[C@H](Cc2ccccc2)N[C@@]12C(=O)Nc1ccccc12. The number of nitrogens with one attached hydrogen (secondary N) is 3. The predicted molar refractivity (Wildman–Crippen MR) is 150 cm³/mol. The number of halogens is 1. The highest BCUT2D eigenvalue weighted by atomic mass is 35.5. The summed E-state index contributed by atoms with van der Waals surface area (Å²) in [6, 6.07) is 30.8. The van der Waals surface area contributed by atoms with E-state index < -0.39 is 22.9 Å². The monoisotopic (exact) mass is 533 g/mol. The molecule has 7 heteroatoms. The van der Waals surface area contributed by atoms with Gasteiger partial charge in [0.1, 0.15) is 11.0 Å². The molecule has 4 atom stereocenters. The lowest BCUT2D eigenvalue weighted by Gasteiger charge is -2.36. The molecule has 0 aromatic heterocycles. The van der Waals surface area contributed by atoms with E-state index in [0.29, 0.717) is 28.9 Å². The Hall–Kier alpha value is -4.26. The minimum atomic E-state index is -1.50. The lowest BCUT2D eigenvalue weighted by molar-refractivity contribution is -0.124. The Morgan fingerprint density at radius 3 is 2.05 bits per heavy atom. The maximum Gasteiger partial charge on any atom is 0.250 e. The van der Waals surface area contributed by atoms with E-state index in [1.165, 1.54) is 0 Å². The van der Waals surface area contributed by atoms with Crippen molar-refractivity contribution >= 4 is 40.6 Å². The van der Waals surface area contributed by atoms with Crippen LogP contribution in [0.5, 0.6) is 0 Å². The van der Waals surface area contributed by atoms with Crippen LogP contribution in [0.15, 0.2) is 103 Å². The van der Waals surface area contributed by atoms with Crippen molar-refractivity contribution in [3.63, 3.8) is 0 Å². The van der Waals surface area contributed by atoms with Crippen LogP contribution in [-0.2, 0) is 27.0 Å². The number of hydrogen-bond acceptors (Lipinski definition) is 4. The van der Waals surface area contributed by atoms with E-state index in [4.69, 9.17) is 11.6 Å². The summed E-state index contributed by atoms with van der Waals surface area (Å²) >= 11 is 6.58. The lowest BCUT2D eigenvalue weighted by atomic mass is 9.60. The Morgan fingerprint density at radius 2 is 1.31 bits per heavy atom. The fourth-order valence-corrected chi connectivity index (χ4v) is 7.17. The molecule has 1 saturated heterocycles. The zero-order chi connectivity index (χ0) is 26.8. The van der Waals surface area contributed by atoms with Crippen LogP contribution in [-0.4, -0.2) is 23.6 Å². The van der Waals surface area contributed by atoms with Gasteiger partial charge in [0, 0.05) is 28.5 Å². The lowest BCUT2D eigenvalue weighted by Crippen LogP contribution is -2.54. The number of carbonyl (C=O) groups excluding carboxylic acids is 3. The molecule has 3 N–H and O–H groups in total. The molecule has 0 aliphatic carbocycles. The van der Waals surface area contributed by atoms with Gasteiger partial charge in [0.2, 0.25) is 11.8 Å². The number of ketones is 1. The van der Waals surface area contributed by atoms with Crippen LogP contribution < -0.4 is 16.0 Å². The molecule has 6 nitrogen and oxygen atoms in total. The summed E-state index contributed by atoms with van der Waals surface area (Å²) in [5.41, 5.74) is 0.977. The maximum atomic E-state index is 14.8. The third kappa shape index (κ3) is 3.16. The summed E-state index contributed by atoms with van der Waals surface area (Å²) in [6.07, 6.45) is 0.423. The smallest absolute Gasteiger partial charge is 0.250 e. The second-order valence-corrected chi connectivity index (χ2v) is 10.7. The number of hydrogen-bond donors (Lipinski definition) is 3. The van der Waals surface area contributed by atoms with Gasteiger partial charge in [-0.15, -0.1) is 0 Å². The summed E-state index contributed by atoms with van der Waals surface area (Å²) in [7, 11) is 0. The largest absolute Gasteiger partial charge is 0.325 e. The fraction of sp³-hybridized carbons (Fsp3) is 0.156. The molecule has 4 aromatic rings. The number of amides is 2. The van der Waals surface area contributed by atoms with Crippen molar-refractivity contribution in [3.8, 4) is 0 Å². The average Bonchev–Trinajstić information content (AvgIpc) is 3.53. The zero-order valence-corrected chi connectivity index (χ0v) is 21.5. The van der Waals surface area contributed by atoms with Gasteiger partial charge >= 0.3 is 0 Å². The van der Waals surface area contributed by atoms with Crippen molar-refractivity contribution in [2.24, 2.45) is 5.92 Å². The number of rotatable bonds is 4. The summed E-state index contributed by atoms with van der Waals surface area (Å²) in [5, 5.41) is 9.92. The molecule has 1 fully saturated rings. The van der Waals surface area contributed by atoms with Crippen LogP contribution in [0.1, 0.15) is 27.0 Å². The highest BCUT2D eigenvalue weighted by Crippen LogP contribution is 2.60. The number of anilines is 2. The molecule has 4 aromatic carbocycles.